The Morgan fingerprint density at radius 3 is 2.64 bits per heavy atom. The van der Waals surface area contributed by atoms with Crippen molar-refractivity contribution in [2.45, 2.75) is 13.0 Å². The molecule has 0 aromatic heterocycles. The van der Waals surface area contributed by atoms with Crippen molar-refractivity contribution in [3.8, 4) is 0 Å². The van der Waals surface area contributed by atoms with Gasteiger partial charge in [0.05, 0.1) is 10.5 Å². The molecular formula is C16H14BrN3O5. The standard InChI is InChI=1S/C16H14BrN3O5/c1-9(15(21)19-11-4-2-3-10(17)7-11)25-16(22)13-8-12(20(23)24)5-6-14(13)18/h2-9H,18H2,1H3,(H,19,21)/t9-/m0/s1. The van der Waals surface area contributed by atoms with Gasteiger partial charge in [0.15, 0.2) is 6.10 Å². The van der Waals surface area contributed by atoms with Gasteiger partial charge in [-0.3, -0.25) is 14.9 Å². The Hall–Kier alpha value is -2.94. The molecule has 0 radical (unpaired) electrons. The van der Waals surface area contributed by atoms with Crippen molar-refractivity contribution in [3.63, 3.8) is 0 Å². The summed E-state index contributed by atoms with van der Waals surface area (Å²) in [6.07, 6.45) is -1.12. The molecule has 0 aliphatic carbocycles. The van der Waals surface area contributed by atoms with Crippen LogP contribution >= 0.6 is 15.9 Å². The number of hydrogen-bond donors (Lipinski definition) is 2. The molecule has 0 aliphatic rings. The Morgan fingerprint density at radius 1 is 1.28 bits per heavy atom. The lowest BCUT2D eigenvalue weighted by atomic mass is 10.1. The van der Waals surface area contributed by atoms with Gasteiger partial charge in [-0.05, 0) is 31.2 Å². The average molecular weight is 408 g/mol. The van der Waals surface area contributed by atoms with Gasteiger partial charge in [-0.25, -0.2) is 4.79 Å². The summed E-state index contributed by atoms with van der Waals surface area (Å²) in [6, 6.07) is 10.3. The first kappa shape index (κ1) is 18.4. The SMILES string of the molecule is C[C@H](OC(=O)c1cc([N+](=O)[O-])ccc1N)C(=O)Nc1cccc(Br)c1. The number of halogens is 1. The zero-order valence-corrected chi connectivity index (χ0v) is 14.6. The fraction of sp³-hybridized carbons (Fsp3) is 0.125. The molecule has 0 spiro atoms. The summed E-state index contributed by atoms with van der Waals surface area (Å²) in [5, 5.41) is 13.4. The fourth-order valence-electron chi connectivity index (χ4n) is 1.92. The van der Waals surface area contributed by atoms with Gasteiger partial charge in [0.25, 0.3) is 11.6 Å². The molecule has 0 saturated carbocycles. The van der Waals surface area contributed by atoms with Gasteiger partial charge in [0.2, 0.25) is 0 Å². The van der Waals surface area contributed by atoms with Gasteiger partial charge in [0, 0.05) is 28.0 Å². The normalized spacial score (nSPS) is 11.4. The average Bonchev–Trinajstić information content (AvgIpc) is 2.54. The lowest BCUT2D eigenvalue weighted by Gasteiger charge is -2.14. The Labute approximate surface area is 151 Å². The van der Waals surface area contributed by atoms with E-state index >= 15 is 0 Å². The second kappa shape index (κ2) is 7.75. The molecule has 1 amide bonds. The van der Waals surface area contributed by atoms with Crippen molar-refractivity contribution in [3.05, 3.63) is 62.6 Å². The van der Waals surface area contributed by atoms with E-state index in [-0.39, 0.29) is 16.9 Å². The lowest BCUT2D eigenvalue weighted by molar-refractivity contribution is -0.384. The van der Waals surface area contributed by atoms with Crippen molar-refractivity contribution in [2.75, 3.05) is 11.1 Å². The Morgan fingerprint density at radius 2 is 2.00 bits per heavy atom. The van der Waals surface area contributed by atoms with Crippen LogP contribution in [-0.2, 0) is 9.53 Å². The van der Waals surface area contributed by atoms with Gasteiger partial charge < -0.3 is 15.8 Å². The van der Waals surface area contributed by atoms with Gasteiger partial charge in [-0.2, -0.15) is 0 Å². The van der Waals surface area contributed by atoms with Gasteiger partial charge >= 0.3 is 5.97 Å². The quantitative estimate of drug-likeness (QED) is 0.339. The third-order valence-corrected chi connectivity index (χ3v) is 3.71. The Kier molecular flexibility index (Phi) is 5.71. The summed E-state index contributed by atoms with van der Waals surface area (Å²) in [7, 11) is 0. The Balaban J connectivity index is 2.08. The molecule has 0 heterocycles. The van der Waals surface area contributed by atoms with Gasteiger partial charge in [-0.15, -0.1) is 0 Å². The van der Waals surface area contributed by atoms with E-state index in [4.69, 9.17) is 10.5 Å². The van der Waals surface area contributed by atoms with Crippen LogP contribution in [0.5, 0.6) is 0 Å². The molecule has 130 valence electrons. The molecule has 2 rings (SSSR count). The summed E-state index contributed by atoms with van der Waals surface area (Å²) in [5.74, 6) is -1.46. The Bertz CT molecular complexity index is 840. The van der Waals surface area contributed by atoms with Crippen LogP contribution < -0.4 is 11.1 Å². The molecule has 2 aromatic carbocycles. The predicted octanol–water partition coefficient (Wildman–Crippen LogP) is 3.12. The number of nitro benzene ring substituents is 1. The number of benzene rings is 2. The molecule has 25 heavy (non-hydrogen) atoms. The van der Waals surface area contributed by atoms with E-state index in [2.05, 4.69) is 21.2 Å². The molecule has 0 saturated heterocycles. The van der Waals surface area contributed by atoms with Crippen LogP contribution in [0, 0.1) is 10.1 Å². The zero-order valence-electron chi connectivity index (χ0n) is 13.1. The third-order valence-electron chi connectivity index (χ3n) is 3.21. The summed E-state index contributed by atoms with van der Waals surface area (Å²) in [5.41, 5.74) is 5.73. The van der Waals surface area contributed by atoms with Crippen molar-refractivity contribution < 1.29 is 19.2 Å². The maximum absolute atomic E-state index is 12.1. The highest BCUT2D eigenvalue weighted by atomic mass is 79.9. The number of rotatable bonds is 5. The summed E-state index contributed by atoms with van der Waals surface area (Å²) < 4.78 is 5.83. The van der Waals surface area contributed by atoms with Crippen LogP contribution in [0.25, 0.3) is 0 Å². The highest BCUT2D eigenvalue weighted by Crippen LogP contribution is 2.21. The molecule has 0 unspecified atom stereocenters. The van der Waals surface area contributed by atoms with Crippen LogP contribution in [0.1, 0.15) is 17.3 Å². The highest BCUT2D eigenvalue weighted by molar-refractivity contribution is 9.10. The molecule has 8 nitrogen and oxygen atoms in total. The largest absolute Gasteiger partial charge is 0.449 e. The number of carbonyl (C=O) groups excluding carboxylic acids is 2. The van der Waals surface area contributed by atoms with E-state index in [1.807, 2.05) is 0 Å². The van der Waals surface area contributed by atoms with E-state index in [9.17, 15) is 19.7 Å². The second-order valence-corrected chi connectivity index (χ2v) is 5.99. The number of nitrogens with two attached hydrogens (primary N) is 1. The minimum Gasteiger partial charge on any atom is -0.449 e. The van der Waals surface area contributed by atoms with Crippen LogP contribution in [0.3, 0.4) is 0 Å². The van der Waals surface area contributed by atoms with E-state index < -0.39 is 22.9 Å². The van der Waals surface area contributed by atoms with Crippen LogP contribution in [-0.4, -0.2) is 22.9 Å². The first-order valence-corrected chi connectivity index (χ1v) is 7.88. The van der Waals surface area contributed by atoms with Crippen molar-refractivity contribution in [2.24, 2.45) is 0 Å². The molecule has 2 aromatic rings. The van der Waals surface area contributed by atoms with E-state index in [0.717, 1.165) is 10.5 Å². The summed E-state index contributed by atoms with van der Waals surface area (Å²) >= 11 is 3.28. The molecule has 9 heteroatoms. The molecule has 0 fully saturated rings. The van der Waals surface area contributed by atoms with Crippen LogP contribution in [0.2, 0.25) is 0 Å². The van der Waals surface area contributed by atoms with Crippen molar-refractivity contribution in [1.82, 2.24) is 0 Å². The minimum atomic E-state index is -1.12. The minimum absolute atomic E-state index is 0.0233. The van der Waals surface area contributed by atoms with E-state index in [1.165, 1.54) is 19.1 Å². The smallest absolute Gasteiger partial charge is 0.341 e. The zero-order chi connectivity index (χ0) is 18.6. The van der Waals surface area contributed by atoms with E-state index in [1.54, 1.807) is 24.3 Å². The number of ether oxygens (including phenoxy) is 1. The topological polar surface area (TPSA) is 125 Å². The van der Waals surface area contributed by atoms with Crippen LogP contribution in [0.15, 0.2) is 46.9 Å². The maximum atomic E-state index is 12.1. The number of carbonyl (C=O) groups is 2. The summed E-state index contributed by atoms with van der Waals surface area (Å²) in [6.45, 7) is 1.39. The number of nitrogens with zero attached hydrogens (tertiary/aromatic N) is 1. The predicted molar refractivity (Wildman–Crippen MR) is 95.2 cm³/mol. The number of non-ortho nitro benzene ring substituents is 1. The van der Waals surface area contributed by atoms with Crippen molar-refractivity contribution in [1.29, 1.82) is 0 Å². The molecule has 3 N–H and O–H groups in total. The second-order valence-electron chi connectivity index (χ2n) is 5.08. The number of nitrogens with one attached hydrogen (secondary N) is 1. The van der Waals surface area contributed by atoms with Crippen LogP contribution in [0.4, 0.5) is 17.1 Å². The molecule has 0 aliphatic heterocycles. The van der Waals surface area contributed by atoms with E-state index in [0.29, 0.717) is 5.69 Å². The number of anilines is 2. The molecule has 1 atom stereocenters. The number of nitrogen functional groups attached to an aromatic ring is 1. The first-order valence-electron chi connectivity index (χ1n) is 7.09. The number of nitro groups is 1. The van der Waals surface area contributed by atoms with Gasteiger partial charge in [-0.1, -0.05) is 22.0 Å². The van der Waals surface area contributed by atoms with Gasteiger partial charge in [0.1, 0.15) is 0 Å². The number of esters is 1. The third kappa shape index (κ3) is 4.77. The fourth-order valence-corrected chi connectivity index (χ4v) is 2.32. The maximum Gasteiger partial charge on any atom is 0.341 e. The molecular weight excluding hydrogens is 394 g/mol. The number of amides is 1. The number of hydrogen-bond acceptors (Lipinski definition) is 6. The summed E-state index contributed by atoms with van der Waals surface area (Å²) in [4.78, 5) is 34.4. The first-order chi connectivity index (χ1) is 11.8. The lowest BCUT2D eigenvalue weighted by Crippen LogP contribution is -2.30. The highest BCUT2D eigenvalue weighted by Gasteiger charge is 2.22. The molecule has 0 bridgehead atoms. The van der Waals surface area contributed by atoms with Crippen molar-refractivity contribution >= 4 is 44.9 Å². The monoisotopic (exact) mass is 407 g/mol.